The van der Waals surface area contributed by atoms with Crippen LogP contribution in [0.15, 0.2) is 42.5 Å². The first kappa shape index (κ1) is 14.2. The molecule has 0 aromatic heterocycles. The first-order valence-corrected chi connectivity index (χ1v) is 6.56. The molecule has 0 spiro atoms. The number of nitriles is 1. The number of anilines is 1. The third-order valence-corrected chi connectivity index (χ3v) is 3.38. The summed E-state index contributed by atoms with van der Waals surface area (Å²) in [7, 11) is 3.58. The van der Waals surface area contributed by atoms with Crippen LogP contribution in [0, 0.1) is 11.3 Å². The molecule has 2 aromatic rings. The number of ether oxygens (including phenoxy) is 1. The Morgan fingerprint density at radius 2 is 2.00 bits per heavy atom. The Kier molecular flexibility index (Phi) is 4.49. The number of nitrogens with zero attached hydrogens (tertiary/aromatic N) is 2. The Morgan fingerprint density at radius 3 is 2.70 bits per heavy atom. The summed E-state index contributed by atoms with van der Waals surface area (Å²) in [6.07, 6.45) is 0. The zero-order valence-corrected chi connectivity index (χ0v) is 12.2. The lowest BCUT2D eigenvalue weighted by Gasteiger charge is -2.21. The van der Waals surface area contributed by atoms with Crippen LogP contribution in [0.2, 0.25) is 5.02 Å². The molecule has 0 atom stereocenters. The van der Waals surface area contributed by atoms with Crippen molar-refractivity contribution >= 4 is 17.3 Å². The summed E-state index contributed by atoms with van der Waals surface area (Å²) in [6.45, 7) is 0.673. The molecule has 0 fully saturated rings. The Balaban J connectivity index is 2.26. The van der Waals surface area contributed by atoms with Gasteiger partial charge in [0.05, 0.1) is 23.4 Å². The van der Waals surface area contributed by atoms with Crippen molar-refractivity contribution in [1.29, 1.82) is 5.26 Å². The molecule has 0 saturated carbocycles. The molecule has 0 aliphatic carbocycles. The van der Waals surface area contributed by atoms with Crippen molar-refractivity contribution in [2.75, 3.05) is 19.1 Å². The van der Waals surface area contributed by atoms with E-state index >= 15 is 0 Å². The second-order valence-corrected chi connectivity index (χ2v) is 4.86. The Labute approximate surface area is 124 Å². The van der Waals surface area contributed by atoms with Crippen molar-refractivity contribution in [2.45, 2.75) is 6.54 Å². The molecule has 102 valence electrons. The number of rotatable bonds is 4. The van der Waals surface area contributed by atoms with Gasteiger partial charge in [0.25, 0.3) is 0 Å². The second kappa shape index (κ2) is 6.31. The minimum Gasteiger partial charge on any atom is -0.497 e. The molecule has 0 bridgehead atoms. The maximum Gasteiger partial charge on any atom is 0.119 e. The molecule has 0 amide bonds. The minimum atomic E-state index is 0.475. The molecule has 0 saturated heterocycles. The van der Waals surface area contributed by atoms with Crippen LogP contribution in [0.3, 0.4) is 0 Å². The van der Waals surface area contributed by atoms with E-state index in [9.17, 15) is 5.26 Å². The first-order chi connectivity index (χ1) is 9.65. The summed E-state index contributed by atoms with van der Waals surface area (Å²) in [5.74, 6) is 0.822. The van der Waals surface area contributed by atoms with Crippen molar-refractivity contribution < 1.29 is 4.74 Å². The third-order valence-electron chi connectivity index (χ3n) is 3.07. The van der Waals surface area contributed by atoms with Gasteiger partial charge in [-0.1, -0.05) is 29.8 Å². The maximum atomic E-state index is 9.22. The fourth-order valence-electron chi connectivity index (χ4n) is 2.07. The summed E-state index contributed by atoms with van der Waals surface area (Å²) in [5.41, 5.74) is 2.43. The molecular formula is C16H15ClN2O. The van der Waals surface area contributed by atoms with E-state index < -0.39 is 0 Å². The highest BCUT2D eigenvalue weighted by molar-refractivity contribution is 6.32. The first-order valence-electron chi connectivity index (χ1n) is 6.18. The molecule has 2 aromatic carbocycles. The minimum absolute atomic E-state index is 0.475. The van der Waals surface area contributed by atoms with Gasteiger partial charge in [0.15, 0.2) is 0 Å². The van der Waals surface area contributed by atoms with E-state index in [0.29, 0.717) is 17.1 Å². The molecule has 0 aliphatic heterocycles. The van der Waals surface area contributed by atoms with Gasteiger partial charge in [0.2, 0.25) is 0 Å². The molecule has 0 radical (unpaired) electrons. The highest BCUT2D eigenvalue weighted by Crippen LogP contribution is 2.27. The molecular weight excluding hydrogens is 272 g/mol. The largest absolute Gasteiger partial charge is 0.497 e. The van der Waals surface area contributed by atoms with Gasteiger partial charge in [-0.2, -0.15) is 5.26 Å². The summed E-state index contributed by atoms with van der Waals surface area (Å²) in [5, 5.41) is 9.69. The predicted molar refractivity (Wildman–Crippen MR) is 81.3 cm³/mol. The van der Waals surface area contributed by atoms with Crippen molar-refractivity contribution in [3.8, 4) is 11.8 Å². The van der Waals surface area contributed by atoms with E-state index in [0.717, 1.165) is 17.0 Å². The molecule has 20 heavy (non-hydrogen) atoms. The summed E-state index contributed by atoms with van der Waals surface area (Å²) in [6, 6.07) is 15.5. The van der Waals surface area contributed by atoms with Crippen molar-refractivity contribution in [1.82, 2.24) is 0 Å². The van der Waals surface area contributed by atoms with E-state index in [1.54, 1.807) is 13.2 Å². The lowest BCUT2D eigenvalue weighted by atomic mass is 10.1. The molecule has 4 heteroatoms. The van der Waals surface area contributed by atoms with Crippen LogP contribution >= 0.6 is 11.6 Å². The zero-order chi connectivity index (χ0) is 14.5. The van der Waals surface area contributed by atoms with Crippen molar-refractivity contribution in [2.24, 2.45) is 0 Å². The standard InChI is InChI=1S/C16H15ClN2O/c1-19(11-12-5-3-6-13(9-12)20-2)16-8-4-7-15(17)14(16)10-18/h3-9H,11H2,1-2H3. The normalized spacial score (nSPS) is 9.90. The summed E-state index contributed by atoms with van der Waals surface area (Å²) < 4.78 is 5.21. The van der Waals surface area contributed by atoms with E-state index in [1.165, 1.54) is 0 Å². The fraction of sp³-hybridized carbons (Fsp3) is 0.188. The highest BCUT2D eigenvalue weighted by atomic mass is 35.5. The molecule has 0 N–H and O–H groups in total. The smallest absolute Gasteiger partial charge is 0.119 e. The van der Waals surface area contributed by atoms with Gasteiger partial charge in [-0.05, 0) is 29.8 Å². The summed E-state index contributed by atoms with van der Waals surface area (Å²) in [4.78, 5) is 2.00. The van der Waals surface area contributed by atoms with Gasteiger partial charge < -0.3 is 9.64 Å². The average molecular weight is 287 g/mol. The van der Waals surface area contributed by atoms with E-state index in [-0.39, 0.29) is 0 Å². The Hall–Kier alpha value is -2.18. The monoisotopic (exact) mass is 286 g/mol. The molecule has 3 nitrogen and oxygen atoms in total. The Morgan fingerprint density at radius 1 is 1.25 bits per heavy atom. The molecule has 0 aliphatic rings. The summed E-state index contributed by atoms with van der Waals surface area (Å²) >= 11 is 6.06. The van der Waals surface area contributed by atoms with Gasteiger partial charge in [-0.3, -0.25) is 0 Å². The number of halogens is 1. The average Bonchev–Trinajstić information content (AvgIpc) is 2.47. The molecule has 0 unspecified atom stereocenters. The van der Waals surface area contributed by atoms with Crippen LogP contribution < -0.4 is 9.64 Å². The van der Waals surface area contributed by atoms with Crippen LogP contribution in [-0.2, 0) is 6.54 Å². The van der Waals surface area contributed by atoms with Gasteiger partial charge in [0.1, 0.15) is 11.8 Å². The second-order valence-electron chi connectivity index (χ2n) is 4.45. The van der Waals surface area contributed by atoms with Gasteiger partial charge in [-0.15, -0.1) is 0 Å². The van der Waals surface area contributed by atoms with Crippen molar-refractivity contribution in [3.05, 3.63) is 58.6 Å². The van der Waals surface area contributed by atoms with Crippen LogP contribution in [0.25, 0.3) is 0 Å². The van der Waals surface area contributed by atoms with Crippen LogP contribution in [0.4, 0.5) is 5.69 Å². The topological polar surface area (TPSA) is 36.3 Å². The molecule has 2 rings (SSSR count). The molecule has 0 heterocycles. The maximum absolute atomic E-state index is 9.22. The Bertz CT molecular complexity index is 649. The van der Waals surface area contributed by atoms with Crippen LogP contribution in [0.1, 0.15) is 11.1 Å². The van der Waals surface area contributed by atoms with E-state index in [2.05, 4.69) is 6.07 Å². The number of hydrogen-bond donors (Lipinski definition) is 0. The SMILES string of the molecule is COc1cccc(CN(C)c2cccc(Cl)c2C#N)c1. The van der Waals surface area contributed by atoms with Gasteiger partial charge >= 0.3 is 0 Å². The van der Waals surface area contributed by atoms with Gasteiger partial charge in [-0.25, -0.2) is 0 Å². The quantitative estimate of drug-likeness (QED) is 0.856. The number of benzene rings is 2. The number of hydrogen-bond acceptors (Lipinski definition) is 3. The lowest BCUT2D eigenvalue weighted by Crippen LogP contribution is -2.17. The highest BCUT2D eigenvalue weighted by Gasteiger charge is 2.11. The lowest BCUT2D eigenvalue weighted by molar-refractivity contribution is 0.414. The predicted octanol–water partition coefficient (Wildman–Crippen LogP) is 3.86. The van der Waals surface area contributed by atoms with E-state index in [1.807, 2.05) is 48.3 Å². The number of methoxy groups -OCH3 is 1. The third kappa shape index (κ3) is 3.04. The van der Waals surface area contributed by atoms with Crippen molar-refractivity contribution in [3.63, 3.8) is 0 Å². The zero-order valence-electron chi connectivity index (χ0n) is 11.4. The van der Waals surface area contributed by atoms with E-state index in [4.69, 9.17) is 16.3 Å². The fourth-order valence-corrected chi connectivity index (χ4v) is 2.28. The van der Waals surface area contributed by atoms with Crippen LogP contribution in [-0.4, -0.2) is 14.2 Å². The van der Waals surface area contributed by atoms with Gasteiger partial charge in [0, 0.05) is 13.6 Å². The van der Waals surface area contributed by atoms with Crippen LogP contribution in [0.5, 0.6) is 5.75 Å².